The van der Waals surface area contributed by atoms with Gasteiger partial charge in [-0.2, -0.15) is 0 Å². The number of amides is 1. The van der Waals surface area contributed by atoms with Crippen LogP contribution in [0.1, 0.15) is 25.3 Å². The third-order valence-corrected chi connectivity index (χ3v) is 3.58. The van der Waals surface area contributed by atoms with Crippen molar-refractivity contribution >= 4 is 18.3 Å². The Balaban J connectivity index is 0.00000200. The molecule has 112 valence electrons. The van der Waals surface area contributed by atoms with Crippen LogP contribution in [0.3, 0.4) is 0 Å². The van der Waals surface area contributed by atoms with Crippen molar-refractivity contribution in [3.8, 4) is 0 Å². The lowest BCUT2D eigenvalue weighted by atomic mass is 10.1. The van der Waals surface area contributed by atoms with E-state index < -0.39 is 0 Å². The van der Waals surface area contributed by atoms with Crippen molar-refractivity contribution in [2.24, 2.45) is 11.7 Å². The van der Waals surface area contributed by atoms with Crippen LogP contribution in [0.2, 0.25) is 0 Å². The predicted octanol–water partition coefficient (Wildman–Crippen LogP) is 2.38. The molecule has 1 aromatic rings. The molecule has 5 heteroatoms. The Labute approximate surface area is 125 Å². The maximum atomic E-state index is 13.1. The van der Waals surface area contributed by atoms with Crippen LogP contribution < -0.4 is 5.73 Å². The molecular weight excluding hydrogens is 279 g/mol. The molecule has 0 heterocycles. The van der Waals surface area contributed by atoms with Crippen molar-refractivity contribution < 1.29 is 9.18 Å². The van der Waals surface area contributed by atoms with Crippen LogP contribution >= 0.6 is 12.4 Å². The van der Waals surface area contributed by atoms with Crippen molar-refractivity contribution in [3.63, 3.8) is 0 Å². The maximum absolute atomic E-state index is 13.1. The molecule has 20 heavy (non-hydrogen) atoms. The summed E-state index contributed by atoms with van der Waals surface area (Å²) < 4.78 is 13.1. The number of halogens is 2. The van der Waals surface area contributed by atoms with Crippen molar-refractivity contribution in [2.75, 3.05) is 13.1 Å². The standard InChI is InChI=1S/C15H21FN2O.ClH/c1-11(10-17)15(19)18(14-5-6-14)8-7-12-3-2-4-13(16)9-12;/h2-4,9,11,14H,5-8,10,17H2,1H3;1H. The van der Waals surface area contributed by atoms with Gasteiger partial charge in [0.1, 0.15) is 5.82 Å². The van der Waals surface area contributed by atoms with Gasteiger partial charge in [-0.1, -0.05) is 19.1 Å². The molecule has 1 atom stereocenters. The largest absolute Gasteiger partial charge is 0.339 e. The first-order valence-electron chi connectivity index (χ1n) is 6.87. The van der Waals surface area contributed by atoms with E-state index in [0.717, 1.165) is 18.4 Å². The van der Waals surface area contributed by atoms with E-state index in [2.05, 4.69) is 0 Å². The van der Waals surface area contributed by atoms with Gasteiger partial charge < -0.3 is 10.6 Å². The van der Waals surface area contributed by atoms with E-state index in [0.29, 0.717) is 25.6 Å². The molecule has 3 nitrogen and oxygen atoms in total. The number of nitrogens with zero attached hydrogens (tertiary/aromatic N) is 1. The van der Waals surface area contributed by atoms with E-state index in [1.165, 1.54) is 12.1 Å². The zero-order chi connectivity index (χ0) is 13.8. The molecule has 0 spiro atoms. The monoisotopic (exact) mass is 300 g/mol. The number of rotatable bonds is 6. The molecule has 1 saturated carbocycles. The molecule has 0 aromatic heterocycles. The lowest BCUT2D eigenvalue weighted by Crippen LogP contribution is -2.40. The first-order chi connectivity index (χ1) is 9.11. The average molecular weight is 301 g/mol. The Bertz CT molecular complexity index is 451. The molecule has 1 aliphatic rings. The Kier molecular flexibility index (Phi) is 6.43. The molecule has 0 aliphatic heterocycles. The molecule has 1 amide bonds. The molecule has 0 radical (unpaired) electrons. The van der Waals surface area contributed by atoms with Crippen molar-refractivity contribution in [1.29, 1.82) is 0 Å². The normalized spacial score (nSPS) is 15.3. The fraction of sp³-hybridized carbons (Fsp3) is 0.533. The SMILES string of the molecule is CC(CN)C(=O)N(CCc1cccc(F)c1)C1CC1.Cl. The van der Waals surface area contributed by atoms with Crippen molar-refractivity contribution in [1.82, 2.24) is 4.90 Å². The van der Waals surface area contributed by atoms with Crippen LogP contribution in [-0.2, 0) is 11.2 Å². The van der Waals surface area contributed by atoms with Gasteiger partial charge in [0.15, 0.2) is 0 Å². The summed E-state index contributed by atoms with van der Waals surface area (Å²) >= 11 is 0. The minimum absolute atomic E-state index is 0. The second kappa shape index (κ2) is 7.60. The zero-order valence-electron chi connectivity index (χ0n) is 11.7. The quantitative estimate of drug-likeness (QED) is 0.877. The highest BCUT2D eigenvalue weighted by Gasteiger charge is 2.33. The van der Waals surface area contributed by atoms with Crippen molar-refractivity contribution in [3.05, 3.63) is 35.6 Å². The van der Waals surface area contributed by atoms with Crippen molar-refractivity contribution in [2.45, 2.75) is 32.2 Å². The van der Waals surface area contributed by atoms with Crippen LogP contribution in [0.15, 0.2) is 24.3 Å². The van der Waals surface area contributed by atoms with Gasteiger partial charge in [-0.25, -0.2) is 4.39 Å². The number of hydrogen-bond acceptors (Lipinski definition) is 2. The number of carbonyl (C=O) groups is 1. The third-order valence-electron chi connectivity index (χ3n) is 3.58. The van der Waals surface area contributed by atoms with Crippen LogP contribution in [0.4, 0.5) is 4.39 Å². The minimum atomic E-state index is -0.225. The van der Waals surface area contributed by atoms with Gasteiger partial charge in [0.2, 0.25) is 5.91 Å². The predicted molar refractivity (Wildman–Crippen MR) is 80.3 cm³/mol. The van der Waals surface area contributed by atoms with Gasteiger partial charge in [0.25, 0.3) is 0 Å². The van der Waals surface area contributed by atoms with E-state index >= 15 is 0 Å². The lowest BCUT2D eigenvalue weighted by Gasteiger charge is -2.25. The molecule has 0 saturated heterocycles. The summed E-state index contributed by atoms with van der Waals surface area (Å²) in [5, 5.41) is 0. The summed E-state index contributed by atoms with van der Waals surface area (Å²) in [4.78, 5) is 14.1. The Hall–Kier alpha value is -1.13. The molecule has 1 fully saturated rings. The number of nitrogens with two attached hydrogens (primary N) is 1. The summed E-state index contributed by atoms with van der Waals surface area (Å²) in [5.74, 6) is -0.230. The van der Waals surface area contributed by atoms with Gasteiger partial charge in [0.05, 0.1) is 0 Å². The molecular formula is C15H22ClFN2O. The Morgan fingerprint density at radius 3 is 2.75 bits per heavy atom. The van der Waals surface area contributed by atoms with E-state index in [4.69, 9.17) is 5.73 Å². The fourth-order valence-electron chi connectivity index (χ4n) is 2.18. The van der Waals surface area contributed by atoms with E-state index in [9.17, 15) is 9.18 Å². The summed E-state index contributed by atoms with van der Waals surface area (Å²) in [6.45, 7) is 2.89. The summed E-state index contributed by atoms with van der Waals surface area (Å²) in [6, 6.07) is 6.93. The van der Waals surface area contributed by atoms with E-state index in [-0.39, 0.29) is 30.0 Å². The highest BCUT2D eigenvalue weighted by atomic mass is 35.5. The molecule has 2 N–H and O–H groups in total. The fourth-order valence-corrected chi connectivity index (χ4v) is 2.18. The highest BCUT2D eigenvalue weighted by Crippen LogP contribution is 2.28. The van der Waals surface area contributed by atoms with Gasteiger partial charge >= 0.3 is 0 Å². The van der Waals surface area contributed by atoms with Gasteiger partial charge in [-0.15, -0.1) is 12.4 Å². The average Bonchev–Trinajstić information content (AvgIpc) is 3.22. The molecule has 2 rings (SSSR count). The lowest BCUT2D eigenvalue weighted by molar-refractivity contribution is -0.135. The van der Waals surface area contributed by atoms with E-state index in [1.54, 1.807) is 6.07 Å². The van der Waals surface area contributed by atoms with Gasteiger partial charge in [-0.3, -0.25) is 4.79 Å². The highest BCUT2D eigenvalue weighted by molar-refractivity contribution is 5.85. The topological polar surface area (TPSA) is 46.3 Å². The third kappa shape index (κ3) is 4.46. The van der Waals surface area contributed by atoms with Crippen LogP contribution in [0.5, 0.6) is 0 Å². The molecule has 1 aliphatic carbocycles. The van der Waals surface area contributed by atoms with Crippen LogP contribution in [-0.4, -0.2) is 29.9 Å². The summed E-state index contributed by atoms with van der Waals surface area (Å²) in [7, 11) is 0. The number of carbonyl (C=O) groups excluding carboxylic acids is 1. The van der Waals surface area contributed by atoms with Gasteiger partial charge in [0, 0.05) is 25.0 Å². The second-order valence-corrected chi connectivity index (χ2v) is 5.28. The maximum Gasteiger partial charge on any atom is 0.226 e. The summed E-state index contributed by atoms with van der Waals surface area (Å²) in [6.07, 6.45) is 2.84. The van der Waals surface area contributed by atoms with Crippen LogP contribution in [0, 0.1) is 11.7 Å². The first kappa shape index (κ1) is 16.9. The molecule has 0 bridgehead atoms. The minimum Gasteiger partial charge on any atom is -0.339 e. The van der Waals surface area contributed by atoms with Crippen LogP contribution in [0.25, 0.3) is 0 Å². The second-order valence-electron chi connectivity index (χ2n) is 5.28. The Morgan fingerprint density at radius 2 is 2.20 bits per heavy atom. The van der Waals surface area contributed by atoms with E-state index in [1.807, 2.05) is 17.9 Å². The molecule has 1 unspecified atom stereocenters. The number of benzene rings is 1. The van der Waals surface area contributed by atoms with Gasteiger partial charge in [-0.05, 0) is 37.0 Å². The number of hydrogen-bond donors (Lipinski definition) is 1. The first-order valence-corrected chi connectivity index (χ1v) is 6.87. The Morgan fingerprint density at radius 1 is 1.50 bits per heavy atom. The summed E-state index contributed by atoms with van der Waals surface area (Å²) in [5.41, 5.74) is 6.49. The molecule has 1 aromatic carbocycles. The zero-order valence-corrected chi connectivity index (χ0v) is 12.5. The smallest absolute Gasteiger partial charge is 0.226 e.